The summed E-state index contributed by atoms with van der Waals surface area (Å²) in [6, 6.07) is 3.42. The van der Waals surface area contributed by atoms with Gasteiger partial charge in [0.1, 0.15) is 0 Å². The molecule has 0 fully saturated rings. The Morgan fingerprint density at radius 2 is 2.06 bits per heavy atom. The second-order valence-corrected chi connectivity index (χ2v) is 5.75. The molecule has 0 saturated carbocycles. The van der Waals surface area contributed by atoms with E-state index in [0.717, 1.165) is 15.2 Å². The molecular weight excluding hydrogens is 224 g/mol. The van der Waals surface area contributed by atoms with E-state index in [1.54, 1.807) is 23.5 Å². The molecule has 0 amide bonds. The molecule has 1 aromatic heterocycles. The van der Waals surface area contributed by atoms with Crippen LogP contribution in [0, 0.1) is 0 Å². The fourth-order valence-electron chi connectivity index (χ4n) is 1.37. The summed E-state index contributed by atoms with van der Waals surface area (Å²) in [5, 5.41) is 9.68. The Balaban J connectivity index is 2.63. The minimum Gasteiger partial charge on any atom is -0.396 e. The molecule has 0 atom stereocenters. The summed E-state index contributed by atoms with van der Waals surface area (Å²) in [4.78, 5) is 8.69. The molecule has 16 heavy (non-hydrogen) atoms. The number of nitrogens with zero attached hydrogens (tertiary/aromatic N) is 1. The van der Waals surface area contributed by atoms with Crippen LogP contribution in [0.25, 0.3) is 10.2 Å². The van der Waals surface area contributed by atoms with E-state index in [0.29, 0.717) is 5.69 Å². The number of anilines is 1. The zero-order valence-electron chi connectivity index (χ0n) is 9.44. The monoisotopic (exact) mass is 238 g/mol. The average Bonchev–Trinajstić information content (AvgIpc) is 2.58. The second-order valence-electron chi connectivity index (χ2n) is 4.72. The van der Waals surface area contributed by atoms with Crippen LogP contribution in [0.1, 0.15) is 25.8 Å². The van der Waals surface area contributed by atoms with Gasteiger partial charge in [0.05, 0.1) is 20.9 Å². The highest BCUT2D eigenvalue weighted by atomic mass is 32.1. The van der Waals surface area contributed by atoms with Crippen molar-refractivity contribution in [2.75, 3.05) is 5.73 Å². The van der Waals surface area contributed by atoms with Crippen LogP contribution >= 0.6 is 11.3 Å². The summed E-state index contributed by atoms with van der Waals surface area (Å²) in [5.41, 5.74) is 6.94. The summed E-state index contributed by atoms with van der Waals surface area (Å²) >= 11 is 1.61. The summed E-state index contributed by atoms with van der Waals surface area (Å²) in [6.07, 6.45) is 0. The van der Waals surface area contributed by atoms with Gasteiger partial charge in [-0.1, -0.05) is 20.8 Å². The quantitative estimate of drug-likeness (QED) is 0.455. The third kappa shape index (κ3) is 1.83. The van der Waals surface area contributed by atoms with Gasteiger partial charge < -0.3 is 10.6 Å². The van der Waals surface area contributed by atoms with Crippen LogP contribution in [0.3, 0.4) is 0 Å². The standard InChI is InChI=1S/C11H14N2O2S/c1-11(2,3)10-13-7-5-8(15-14)6(12)4-9(7)16-10/h4-5,14H,12H2,1-3H3. The lowest BCUT2D eigenvalue weighted by Gasteiger charge is -2.13. The summed E-state index contributed by atoms with van der Waals surface area (Å²) < 4.78 is 1.00. The fraction of sp³-hybridized carbons (Fsp3) is 0.364. The highest BCUT2D eigenvalue weighted by Gasteiger charge is 2.19. The van der Waals surface area contributed by atoms with E-state index < -0.39 is 0 Å². The molecule has 2 aromatic rings. The summed E-state index contributed by atoms with van der Waals surface area (Å²) in [5.74, 6) is 0.248. The molecule has 0 bridgehead atoms. The van der Waals surface area contributed by atoms with Gasteiger partial charge in [0.25, 0.3) is 0 Å². The molecule has 0 spiro atoms. The Hall–Kier alpha value is -1.33. The first-order valence-corrected chi connectivity index (χ1v) is 5.75. The molecule has 0 saturated heterocycles. The van der Waals surface area contributed by atoms with E-state index in [4.69, 9.17) is 11.0 Å². The van der Waals surface area contributed by atoms with Gasteiger partial charge >= 0.3 is 0 Å². The van der Waals surface area contributed by atoms with Gasteiger partial charge in [-0.3, -0.25) is 0 Å². The van der Waals surface area contributed by atoms with Crippen molar-refractivity contribution in [3.63, 3.8) is 0 Å². The van der Waals surface area contributed by atoms with Crippen molar-refractivity contribution in [2.45, 2.75) is 26.2 Å². The summed E-state index contributed by atoms with van der Waals surface area (Å²) in [7, 11) is 0. The third-order valence-electron chi connectivity index (χ3n) is 2.26. The van der Waals surface area contributed by atoms with Gasteiger partial charge in [-0.25, -0.2) is 10.2 Å². The van der Waals surface area contributed by atoms with Crippen LogP contribution < -0.4 is 10.6 Å². The lowest BCUT2D eigenvalue weighted by molar-refractivity contribution is -0.136. The highest BCUT2D eigenvalue weighted by molar-refractivity contribution is 7.18. The largest absolute Gasteiger partial charge is 0.396 e. The van der Waals surface area contributed by atoms with Crippen molar-refractivity contribution in [1.29, 1.82) is 0 Å². The van der Waals surface area contributed by atoms with E-state index >= 15 is 0 Å². The van der Waals surface area contributed by atoms with E-state index in [1.807, 2.05) is 0 Å². The normalized spacial score (nSPS) is 12.0. The van der Waals surface area contributed by atoms with Crippen molar-refractivity contribution in [1.82, 2.24) is 4.98 Å². The second kappa shape index (κ2) is 3.61. The Bertz CT molecular complexity index is 528. The number of rotatable bonds is 1. The zero-order valence-corrected chi connectivity index (χ0v) is 10.3. The lowest BCUT2D eigenvalue weighted by atomic mass is 9.98. The van der Waals surface area contributed by atoms with Crippen molar-refractivity contribution >= 4 is 27.2 Å². The van der Waals surface area contributed by atoms with Crippen LogP contribution in [0.4, 0.5) is 5.69 Å². The van der Waals surface area contributed by atoms with E-state index in [1.165, 1.54) is 0 Å². The van der Waals surface area contributed by atoms with Crippen LogP contribution in [0.15, 0.2) is 12.1 Å². The number of thiazole rings is 1. The van der Waals surface area contributed by atoms with Crippen LogP contribution in [-0.4, -0.2) is 10.2 Å². The fourth-order valence-corrected chi connectivity index (χ4v) is 2.42. The molecule has 3 N–H and O–H groups in total. The molecule has 0 unspecified atom stereocenters. The third-order valence-corrected chi connectivity index (χ3v) is 3.70. The van der Waals surface area contributed by atoms with Crippen LogP contribution in [-0.2, 0) is 5.41 Å². The van der Waals surface area contributed by atoms with Crippen molar-refractivity contribution in [3.8, 4) is 5.75 Å². The number of nitrogen functional groups attached to an aromatic ring is 1. The Morgan fingerprint density at radius 3 is 2.62 bits per heavy atom. The van der Waals surface area contributed by atoms with Gasteiger partial charge in [0, 0.05) is 11.5 Å². The SMILES string of the molecule is CC(C)(C)c1nc2cc(OO)c(N)cc2s1. The Morgan fingerprint density at radius 1 is 1.38 bits per heavy atom. The number of fused-ring (bicyclic) bond motifs is 1. The van der Waals surface area contributed by atoms with E-state index in [2.05, 4.69) is 30.6 Å². The minimum absolute atomic E-state index is 0.0126. The molecule has 0 aliphatic heterocycles. The smallest absolute Gasteiger partial charge is 0.190 e. The molecule has 0 aliphatic rings. The lowest BCUT2D eigenvalue weighted by Crippen LogP contribution is -2.09. The van der Waals surface area contributed by atoms with Gasteiger partial charge in [0.15, 0.2) is 5.75 Å². The van der Waals surface area contributed by atoms with Crippen molar-refractivity contribution in [2.24, 2.45) is 0 Å². The zero-order chi connectivity index (χ0) is 11.9. The van der Waals surface area contributed by atoms with Gasteiger partial charge in [0.2, 0.25) is 0 Å². The maximum atomic E-state index is 8.64. The number of hydrogen-bond donors (Lipinski definition) is 2. The van der Waals surface area contributed by atoms with Gasteiger partial charge in [-0.05, 0) is 6.07 Å². The first kappa shape index (κ1) is 11.2. The Kier molecular flexibility index (Phi) is 2.52. The molecule has 86 valence electrons. The number of benzene rings is 1. The topological polar surface area (TPSA) is 68.4 Å². The molecule has 0 radical (unpaired) electrons. The predicted octanol–water partition coefficient (Wildman–Crippen LogP) is 3.03. The molecule has 1 heterocycles. The molecule has 1 aromatic carbocycles. The molecule has 5 heteroatoms. The first-order valence-electron chi connectivity index (χ1n) is 4.94. The highest BCUT2D eigenvalue weighted by Crippen LogP contribution is 2.35. The first-order chi connectivity index (χ1) is 7.41. The maximum Gasteiger partial charge on any atom is 0.190 e. The van der Waals surface area contributed by atoms with Crippen molar-refractivity contribution < 1.29 is 10.1 Å². The molecule has 0 aliphatic carbocycles. The van der Waals surface area contributed by atoms with Gasteiger partial charge in [-0.15, -0.1) is 11.3 Å². The molecular formula is C11H14N2O2S. The van der Waals surface area contributed by atoms with E-state index in [9.17, 15) is 0 Å². The number of nitrogens with two attached hydrogens (primary N) is 1. The minimum atomic E-state index is 0.0126. The van der Waals surface area contributed by atoms with E-state index in [-0.39, 0.29) is 11.2 Å². The number of aromatic nitrogens is 1. The van der Waals surface area contributed by atoms with Gasteiger partial charge in [-0.2, -0.15) is 0 Å². The Labute approximate surface area is 97.6 Å². The van der Waals surface area contributed by atoms with Crippen molar-refractivity contribution in [3.05, 3.63) is 17.1 Å². The number of hydrogen-bond acceptors (Lipinski definition) is 5. The molecule has 2 rings (SSSR count). The van der Waals surface area contributed by atoms with Crippen LogP contribution in [0.2, 0.25) is 0 Å². The molecule has 4 nitrogen and oxygen atoms in total. The average molecular weight is 238 g/mol. The predicted molar refractivity (Wildman–Crippen MR) is 66.0 cm³/mol. The maximum absolute atomic E-state index is 8.64. The van der Waals surface area contributed by atoms with Crippen LogP contribution in [0.5, 0.6) is 5.75 Å². The summed E-state index contributed by atoms with van der Waals surface area (Å²) in [6.45, 7) is 6.33.